The average Bonchev–Trinajstić information content (AvgIpc) is 2.49. The molecular formula is C16H27N3O. The molecule has 1 aliphatic heterocycles. The molecule has 2 N–H and O–H groups in total. The van der Waals surface area contributed by atoms with E-state index in [0.29, 0.717) is 6.04 Å². The van der Waals surface area contributed by atoms with Crippen molar-refractivity contribution >= 4 is 5.69 Å². The third-order valence-electron chi connectivity index (χ3n) is 4.40. The number of anilines is 1. The lowest BCUT2D eigenvalue weighted by atomic mass is 10.0. The van der Waals surface area contributed by atoms with E-state index < -0.39 is 0 Å². The van der Waals surface area contributed by atoms with Gasteiger partial charge in [0.15, 0.2) is 0 Å². The predicted molar refractivity (Wildman–Crippen MR) is 84.0 cm³/mol. The first kappa shape index (κ1) is 15.1. The fraction of sp³-hybridized carbons (Fsp3) is 0.625. The van der Waals surface area contributed by atoms with Gasteiger partial charge >= 0.3 is 0 Å². The minimum Gasteiger partial charge on any atom is -0.497 e. The summed E-state index contributed by atoms with van der Waals surface area (Å²) < 4.78 is 5.20. The number of hydrogen-bond acceptors (Lipinski definition) is 4. The summed E-state index contributed by atoms with van der Waals surface area (Å²) in [6.07, 6.45) is 2.50. The Morgan fingerprint density at radius 2 is 2.05 bits per heavy atom. The van der Waals surface area contributed by atoms with Crippen LogP contribution in [0.25, 0.3) is 0 Å². The van der Waals surface area contributed by atoms with E-state index in [2.05, 4.69) is 29.8 Å². The molecule has 0 aromatic heterocycles. The van der Waals surface area contributed by atoms with Gasteiger partial charge in [0.1, 0.15) is 5.75 Å². The van der Waals surface area contributed by atoms with Crippen molar-refractivity contribution in [3.8, 4) is 5.75 Å². The summed E-state index contributed by atoms with van der Waals surface area (Å²) in [6, 6.07) is 6.63. The Morgan fingerprint density at radius 3 is 2.60 bits per heavy atom. The number of methoxy groups -OCH3 is 1. The highest BCUT2D eigenvalue weighted by Gasteiger charge is 2.21. The molecule has 4 nitrogen and oxygen atoms in total. The Kier molecular flexibility index (Phi) is 5.26. The first-order chi connectivity index (χ1) is 9.63. The van der Waals surface area contributed by atoms with Crippen LogP contribution in [-0.4, -0.2) is 49.6 Å². The maximum absolute atomic E-state index is 6.10. The molecule has 112 valence electrons. The number of likely N-dealkylation sites (tertiary alicyclic amines) is 1. The zero-order chi connectivity index (χ0) is 14.5. The molecule has 1 aromatic carbocycles. The number of piperidine rings is 1. The van der Waals surface area contributed by atoms with Gasteiger partial charge < -0.3 is 15.4 Å². The topological polar surface area (TPSA) is 41.7 Å². The summed E-state index contributed by atoms with van der Waals surface area (Å²) in [4.78, 5) is 4.96. The maximum atomic E-state index is 6.10. The van der Waals surface area contributed by atoms with Crippen LogP contribution in [0.3, 0.4) is 0 Å². The number of nitrogens with two attached hydrogens (primary N) is 1. The van der Waals surface area contributed by atoms with Crippen molar-refractivity contribution in [2.75, 3.05) is 39.5 Å². The van der Waals surface area contributed by atoms with Gasteiger partial charge in [0.25, 0.3) is 0 Å². The number of rotatable bonds is 5. The van der Waals surface area contributed by atoms with E-state index in [9.17, 15) is 0 Å². The fourth-order valence-corrected chi connectivity index (χ4v) is 2.92. The molecule has 0 aliphatic carbocycles. The Morgan fingerprint density at radius 1 is 1.35 bits per heavy atom. The lowest BCUT2D eigenvalue weighted by Gasteiger charge is -2.36. The molecule has 1 aliphatic rings. The lowest BCUT2D eigenvalue weighted by Crippen LogP contribution is -2.42. The smallest absolute Gasteiger partial charge is 0.120 e. The van der Waals surface area contributed by atoms with Crippen molar-refractivity contribution in [2.45, 2.75) is 32.4 Å². The van der Waals surface area contributed by atoms with E-state index in [1.54, 1.807) is 7.11 Å². The van der Waals surface area contributed by atoms with Gasteiger partial charge in [-0.1, -0.05) is 13.0 Å². The van der Waals surface area contributed by atoms with Crippen LogP contribution in [0.4, 0.5) is 5.69 Å². The number of benzene rings is 1. The molecule has 0 unspecified atom stereocenters. The number of hydrogen-bond donors (Lipinski definition) is 1. The van der Waals surface area contributed by atoms with Crippen molar-refractivity contribution in [2.24, 2.45) is 0 Å². The summed E-state index contributed by atoms with van der Waals surface area (Å²) in [7, 11) is 3.87. The van der Waals surface area contributed by atoms with Gasteiger partial charge in [0.2, 0.25) is 0 Å². The zero-order valence-electron chi connectivity index (χ0n) is 12.9. The van der Waals surface area contributed by atoms with Gasteiger partial charge in [-0.25, -0.2) is 0 Å². The molecule has 0 radical (unpaired) electrons. The second-order valence-corrected chi connectivity index (χ2v) is 5.65. The number of nitrogens with zero attached hydrogens (tertiary/aromatic N) is 2. The van der Waals surface area contributed by atoms with Crippen LogP contribution in [0.5, 0.6) is 5.75 Å². The lowest BCUT2D eigenvalue weighted by molar-refractivity contribution is 0.127. The molecule has 0 spiro atoms. The molecule has 1 aromatic rings. The Bertz CT molecular complexity index is 428. The van der Waals surface area contributed by atoms with Gasteiger partial charge in [0, 0.05) is 24.3 Å². The zero-order valence-corrected chi connectivity index (χ0v) is 12.9. The number of ether oxygens (including phenoxy) is 1. The number of nitrogen functional groups attached to an aromatic ring is 1. The molecule has 4 heteroatoms. The summed E-state index contributed by atoms with van der Waals surface area (Å²) in [5.41, 5.74) is 8.11. The second kappa shape index (κ2) is 6.95. The van der Waals surface area contributed by atoms with Crippen LogP contribution in [0.2, 0.25) is 0 Å². The van der Waals surface area contributed by atoms with Gasteiger partial charge in [0.05, 0.1) is 7.11 Å². The third kappa shape index (κ3) is 3.64. The van der Waals surface area contributed by atoms with E-state index in [4.69, 9.17) is 10.5 Å². The summed E-state index contributed by atoms with van der Waals surface area (Å²) in [5.74, 6) is 0.824. The van der Waals surface area contributed by atoms with E-state index in [0.717, 1.165) is 18.0 Å². The SMILES string of the molecule is CCN1CCC(N(C)Cc2ccc(OC)cc2N)CC1. The summed E-state index contributed by atoms with van der Waals surface area (Å²) in [6.45, 7) is 6.74. The monoisotopic (exact) mass is 277 g/mol. The van der Waals surface area contributed by atoms with Crippen LogP contribution >= 0.6 is 0 Å². The fourth-order valence-electron chi connectivity index (χ4n) is 2.92. The standard InChI is InChI=1S/C16H27N3O/c1-4-19-9-7-14(8-10-19)18(2)12-13-5-6-15(20-3)11-16(13)17/h5-6,11,14H,4,7-10,12,17H2,1-3H3. The largest absolute Gasteiger partial charge is 0.497 e. The molecular weight excluding hydrogens is 250 g/mol. The van der Waals surface area contributed by atoms with Crippen LogP contribution in [0.1, 0.15) is 25.3 Å². The molecule has 2 rings (SSSR count). The summed E-state index contributed by atoms with van der Waals surface area (Å²) in [5, 5.41) is 0. The molecule has 1 saturated heterocycles. The molecule has 0 saturated carbocycles. The van der Waals surface area contributed by atoms with Crippen LogP contribution in [0.15, 0.2) is 18.2 Å². The molecule has 0 bridgehead atoms. The van der Waals surface area contributed by atoms with E-state index in [-0.39, 0.29) is 0 Å². The normalized spacial score (nSPS) is 17.6. The van der Waals surface area contributed by atoms with Crippen molar-refractivity contribution in [1.82, 2.24) is 9.80 Å². The van der Waals surface area contributed by atoms with Gasteiger partial charge in [-0.05, 0) is 51.2 Å². The quantitative estimate of drug-likeness (QED) is 0.838. The van der Waals surface area contributed by atoms with Gasteiger partial charge in [-0.2, -0.15) is 0 Å². The highest BCUT2D eigenvalue weighted by molar-refractivity contribution is 5.51. The molecule has 1 heterocycles. The van der Waals surface area contributed by atoms with Crippen LogP contribution in [0, 0.1) is 0 Å². The first-order valence-corrected chi connectivity index (χ1v) is 7.49. The first-order valence-electron chi connectivity index (χ1n) is 7.49. The van der Waals surface area contributed by atoms with E-state index >= 15 is 0 Å². The molecule has 0 atom stereocenters. The highest BCUT2D eigenvalue weighted by Crippen LogP contribution is 2.23. The van der Waals surface area contributed by atoms with Crippen LogP contribution in [-0.2, 0) is 6.54 Å². The van der Waals surface area contributed by atoms with Crippen molar-refractivity contribution in [3.63, 3.8) is 0 Å². The Labute approximate surface area is 122 Å². The predicted octanol–water partition coefficient (Wildman–Crippen LogP) is 2.19. The Hall–Kier alpha value is -1.26. The minimum atomic E-state index is 0.666. The van der Waals surface area contributed by atoms with Crippen molar-refractivity contribution < 1.29 is 4.74 Å². The maximum Gasteiger partial charge on any atom is 0.120 e. The summed E-state index contributed by atoms with van der Waals surface area (Å²) >= 11 is 0. The Balaban J connectivity index is 1.93. The van der Waals surface area contributed by atoms with E-state index in [1.807, 2.05) is 12.1 Å². The molecule has 1 fully saturated rings. The third-order valence-corrected chi connectivity index (χ3v) is 4.40. The van der Waals surface area contributed by atoms with Crippen molar-refractivity contribution in [3.05, 3.63) is 23.8 Å². The second-order valence-electron chi connectivity index (χ2n) is 5.65. The van der Waals surface area contributed by atoms with Crippen LogP contribution < -0.4 is 10.5 Å². The van der Waals surface area contributed by atoms with Gasteiger partial charge in [-0.15, -0.1) is 0 Å². The minimum absolute atomic E-state index is 0.666. The van der Waals surface area contributed by atoms with Gasteiger partial charge in [-0.3, -0.25) is 4.90 Å². The molecule has 0 amide bonds. The van der Waals surface area contributed by atoms with Crippen molar-refractivity contribution in [1.29, 1.82) is 0 Å². The highest BCUT2D eigenvalue weighted by atomic mass is 16.5. The average molecular weight is 277 g/mol. The molecule has 20 heavy (non-hydrogen) atoms. The van der Waals surface area contributed by atoms with E-state index in [1.165, 1.54) is 38.0 Å².